The molecule has 0 atom stereocenters. The molecule has 0 aliphatic carbocycles. The van der Waals surface area contributed by atoms with Crippen molar-refractivity contribution in [2.75, 3.05) is 6.54 Å². The van der Waals surface area contributed by atoms with Crippen LogP contribution in [0.25, 0.3) is 17.3 Å². The van der Waals surface area contributed by atoms with Gasteiger partial charge < -0.3 is 9.73 Å². The van der Waals surface area contributed by atoms with Gasteiger partial charge >= 0.3 is 0 Å². The van der Waals surface area contributed by atoms with Crippen LogP contribution in [0, 0.1) is 6.92 Å². The SMILES string of the molecule is Cc1ccc(-n2nc(C(=O)NCCc3ccccn3)nc2-c2ccco2)cc1. The summed E-state index contributed by atoms with van der Waals surface area (Å²) in [7, 11) is 0. The Labute approximate surface area is 162 Å². The molecule has 1 N–H and O–H groups in total. The Morgan fingerprint density at radius 2 is 1.96 bits per heavy atom. The Kier molecular flexibility index (Phi) is 4.97. The molecule has 0 saturated carbocycles. The van der Waals surface area contributed by atoms with Crippen molar-refractivity contribution in [1.82, 2.24) is 25.1 Å². The molecule has 0 aliphatic rings. The summed E-state index contributed by atoms with van der Waals surface area (Å²) < 4.78 is 7.09. The van der Waals surface area contributed by atoms with Crippen molar-refractivity contribution < 1.29 is 9.21 Å². The molecule has 4 rings (SSSR count). The number of furan rings is 1. The third kappa shape index (κ3) is 3.83. The van der Waals surface area contributed by atoms with E-state index in [1.54, 1.807) is 29.3 Å². The van der Waals surface area contributed by atoms with Crippen molar-refractivity contribution in [3.8, 4) is 17.3 Å². The van der Waals surface area contributed by atoms with Crippen molar-refractivity contribution in [2.24, 2.45) is 0 Å². The molecule has 1 aromatic carbocycles. The smallest absolute Gasteiger partial charge is 0.291 e. The molecular weight excluding hydrogens is 354 g/mol. The number of aryl methyl sites for hydroxylation is 1. The van der Waals surface area contributed by atoms with Gasteiger partial charge in [-0.05, 0) is 43.3 Å². The molecule has 0 bridgehead atoms. The van der Waals surface area contributed by atoms with E-state index >= 15 is 0 Å². The summed E-state index contributed by atoms with van der Waals surface area (Å²) >= 11 is 0. The lowest BCUT2D eigenvalue weighted by molar-refractivity contribution is 0.0944. The average molecular weight is 373 g/mol. The third-order valence-corrected chi connectivity index (χ3v) is 4.22. The molecule has 0 fully saturated rings. The van der Waals surface area contributed by atoms with Crippen molar-refractivity contribution in [3.63, 3.8) is 0 Å². The van der Waals surface area contributed by atoms with Crippen LogP contribution < -0.4 is 5.32 Å². The molecule has 0 radical (unpaired) electrons. The van der Waals surface area contributed by atoms with Crippen molar-refractivity contribution in [1.29, 1.82) is 0 Å². The fourth-order valence-electron chi connectivity index (χ4n) is 2.77. The van der Waals surface area contributed by atoms with Gasteiger partial charge in [0.05, 0.1) is 12.0 Å². The Bertz CT molecular complexity index is 1050. The van der Waals surface area contributed by atoms with Gasteiger partial charge in [-0.15, -0.1) is 5.10 Å². The van der Waals surface area contributed by atoms with Gasteiger partial charge in [0, 0.05) is 24.9 Å². The molecule has 0 saturated heterocycles. The number of aromatic nitrogens is 4. The highest BCUT2D eigenvalue weighted by molar-refractivity contribution is 5.90. The molecular formula is C21H19N5O2. The average Bonchev–Trinajstić information content (AvgIpc) is 3.39. The number of carbonyl (C=O) groups is 1. The van der Waals surface area contributed by atoms with Gasteiger partial charge in [-0.1, -0.05) is 23.8 Å². The normalized spacial score (nSPS) is 10.8. The van der Waals surface area contributed by atoms with Gasteiger partial charge in [0.1, 0.15) is 0 Å². The minimum atomic E-state index is -0.338. The topological polar surface area (TPSA) is 85.8 Å². The van der Waals surface area contributed by atoms with Crippen LogP contribution in [-0.4, -0.2) is 32.2 Å². The van der Waals surface area contributed by atoms with Crippen LogP contribution in [0.4, 0.5) is 0 Å². The van der Waals surface area contributed by atoms with Crippen LogP contribution >= 0.6 is 0 Å². The molecule has 3 aromatic heterocycles. The van der Waals surface area contributed by atoms with Gasteiger partial charge in [-0.3, -0.25) is 9.78 Å². The molecule has 0 spiro atoms. The van der Waals surface area contributed by atoms with Crippen molar-refractivity contribution >= 4 is 5.91 Å². The van der Waals surface area contributed by atoms with Crippen LogP contribution in [0.1, 0.15) is 21.9 Å². The molecule has 0 unspecified atom stereocenters. The van der Waals surface area contributed by atoms with Gasteiger partial charge in [-0.2, -0.15) is 4.98 Å². The Hall–Kier alpha value is -3.74. The zero-order valence-corrected chi connectivity index (χ0v) is 15.4. The molecule has 4 aromatic rings. The number of nitrogens with zero attached hydrogens (tertiary/aromatic N) is 4. The second kappa shape index (κ2) is 7.87. The summed E-state index contributed by atoms with van der Waals surface area (Å²) in [5.41, 5.74) is 2.85. The van der Waals surface area contributed by atoms with E-state index in [1.165, 1.54) is 0 Å². The minimum absolute atomic E-state index is 0.0907. The van der Waals surface area contributed by atoms with E-state index in [9.17, 15) is 4.79 Å². The lowest BCUT2D eigenvalue weighted by Gasteiger charge is -2.04. The van der Waals surface area contributed by atoms with Gasteiger partial charge in [-0.25, -0.2) is 4.68 Å². The number of rotatable bonds is 6. The first-order valence-corrected chi connectivity index (χ1v) is 8.97. The first-order valence-electron chi connectivity index (χ1n) is 8.97. The molecule has 3 heterocycles. The maximum absolute atomic E-state index is 12.6. The summed E-state index contributed by atoms with van der Waals surface area (Å²) in [5, 5.41) is 7.26. The Balaban J connectivity index is 1.56. The predicted molar refractivity (Wildman–Crippen MR) is 104 cm³/mol. The van der Waals surface area contributed by atoms with E-state index in [0.29, 0.717) is 24.6 Å². The first-order chi connectivity index (χ1) is 13.7. The summed E-state index contributed by atoms with van der Waals surface area (Å²) in [6.45, 7) is 2.46. The molecule has 28 heavy (non-hydrogen) atoms. The molecule has 7 heteroatoms. The van der Waals surface area contributed by atoms with Crippen LogP contribution in [-0.2, 0) is 6.42 Å². The largest absolute Gasteiger partial charge is 0.461 e. The van der Waals surface area contributed by atoms with Crippen LogP contribution in [0.3, 0.4) is 0 Å². The number of hydrogen-bond donors (Lipinski definition) is 1. The fourth-order valence-corrected chi connectivity index (χ4v) is 2.77. The fraction of sp³-hybridized carbons (Fsp3) is 0.143. The summed E-state index contributed by atoms with van der Waals surface area (Å²) in [4.78, 5) is 21.2. The summed E-state index contributed by atoms with van der Waals surface area (Å²) in [6.07, 6.45) is 3.93. The number of carbonyl (C=O) groups excluding carboxylic acids is 1. The minimum Gasteiger partial charge on any atom is -0.461 e. The zero-order chi connectivity index (χ0) is 19.3. The number of nitrogens with one attached hydrogen (secondary N) is 1. The lowest BCUT2D eigenvalue weighted by Crippen LogP contribution is -2.27. The van der Waals surface area contributed by atoms with E-state index < -0.39 is 0 Å². The molecule has 140 valence electrons. The zero-order valence-electron chi connectivity index (χ0n) is 15.4. The highest BCUT2D eigenvalue weighted by Gasteiger charge is 2.20. The van der Waals surface area contributed by atoms with Crippen LogP contribution in [0.15, 0.2) is 71.5 Å². The molecule has 1 amide bonds. The van der Waals surface area contributed by atoms with E-state index in [2.05, 4.69) is 20.4 Å². The van der Waals surface area contributed by atoms with Crippen molar-refractivity contribution in [3.05, 3.63) is 84.1 Å². The number of hydrogen-bond acceptors (Lipinski definition) is 5. The molecule has 7 nitrogen and oxygen atoms in total. The Morgan fingerprint density at radius 3 is 2.68 bits per heavy atom. The van der Waals surface area contributed by atoms with E-state index in [0.717, 1.165) is 16.9 Å². The summed E-state index contributed by atoms with van der Waals surface area (Å²) in [6, 6.07) is 17.1. The first kappa shape index (κ1) is 17.7. The maximum atomic E-state index is 12.6. The molecule has 0 aliphatic heterocycles. The Morgan fingerprint density at radius 1 is 1.11 bits per heavy atom. The third-order valence-electron chi connectivity index (χ3n) is 4.22. The predicted octanol–water partition coefficient (Wildman–Crippen LogP) is 3.20. The quantitative estimate of drug-likeness (QED) is 0.561. The van der Waals surface area contributed by atoms with E-state index in [1.807, 2.05) is 49.4 Å². The van der Waals surface area contributed by atoms with Gasteiger partial charge in [0.2, 0.25) is 5.82 Å². The highest BCUT2D eigenvalue weighted by Crippen LogP contribution is 2.22. The number of amides is 1. The lowest BCUT2D eigenvalue weighted by atomic mass is 10.2. The number of benzene rings is 1. The van der Waals surface area contributed by atoms with Gasteiger partial charge in [0.15, 0.2) is 11.6 Å². The van der Waals surface area contributed by atoms with Gasteiger partial charge in [0.25, 0.3) is 5.91 Å². The van der Waals surface area contributed by atoms with E-state index in [4.69, 9.17) is 4.42 Å². The second-order valence-electron chi connectivity index (χ2n) is 6.31. The highest BCUT2D eigenvalue weighted by atomic mass is 16.3. The van der Waals surface area contributed by atoms with E-state index in [-0.39, 0.29) is 11.7 Å². The summed E-state index contributed by atoms with van der Waals surface area (Å²) in [5.74, 6) is 0.770. The monoisotopic (exact) mass is 373 g/mol. The number of pyridine rings is 1. The second-order valence-corrected chi connectivity index (χ2v) is 6.31. The van der Waals surface area contributed by atoms with Crippen LogP contribution in [0.5, 0.6) is 0 Å². The van der Waals surface area contributed by atoms with Crippen molar-refractivity contribution in [2.45, 2.75) is 13.3 Å². The maximum Gasteiger partial charge on any atom is 0.291 e. The van der Waals surface area contributed by atoms with Crippen LogP contribution in [0.2, 0.25) is 0 Å². The standard InChI is InChI=1S/C21H19N5O2/c1-15-7-9-17(10-8-15)26-20(18-6-4-14-28-18)24-19(25-26)21(27)23-13-11-16-5-2-3-12-22-16/h2-10,12,14H,11,13H2,1H3,(H,23,27).